The topological polar surface area (TPSA) is 25.2 Å². The molecule has 0 spiro atoms. The van der Waals surface area contributed by atoms with Crippen molar-refractivity contribution >= 4 is 0 Å². The van der Waals surface area contributed by atoms with Gasteiger partial charge in [-0.1, -0.05) is 24.6 Å². The van der Waals surface area contributed by atoms with Crippen LogP contribution in [0.3, 0.4) is 0 Å². The minimum atomic E-state index is 0.795. The largest absolute Gasteiger partial charge is 0.467 e. The summed E-state index contributed by atoms with van der Waals surface area (Å²) in [5.74, 6) is 1.03. The quantitative estimate of drug-likeness (QED) is 0.804. The molecule has 2 aromatic rings. The molecule has 2 rings (SSSR count). The Balaban J connectivity index is 2.35. The van der Waals surface area contributed by atoms with E-state index in [0.29, 0.717) is 0 Å². The van der Waals surface area contributed by atoms with Gasteiger partial charge in [0, 0.05) is 5.56 Å². The van der Waals surface area contributed by atoms with Crippen molar-refractivity contribution in [3.8, 4) is 11.1 Å². The van der Waals surface area contributed by atoms with Crippen LogP contribution >= 0.6 is 0 Å². The highest BCUT2D eigenvalue weighted by Gasteiger charge is 2.13. The average molecular weight is 257 g/mol. The van der Waals surface area contributed by atoms with Gasteiger partial charge in [0.15, 0.2) is 0 Å². The van der Waals surface area contributed by atoms with Gasteiger partial charge < -0.3 is 9.73 Å². The van der Waals surface area contributed by atoms with Crippen LogP contribution in [0.5, 0.6) is 0 Å². The maximum atomic E-state index is 5.64. The molecular formula is C17H23NO. The molecule has 0 saturated heterocycles. The van der Waals surface area contributed by atoms with Crippen LogP contribution in [0.25, 0.3) is 11.1 Å². The summed E-state index contributed by atoms with van der Waals surface area (Å²) in [6, 6.07) is 6.55. The van der Waals surface area contributed by atoms with Gasteiger partial charge in [0.25, 0.3) is 0 Å². The van der Waals surface area contributed by atoms with Gasteiger partial charge in [0.1, 0.15) is 5.76 Å². The second-order valence-electron chi connectivity index (χ2n) is 5.21. The Bertz CT molecular complexity index is 531. The van der Waals surface area contributed by atoms with Crippen LogP contribution in [0.4, 0.5) is 0 Å². The van der Waals surface area contributed by atoms with Crippen LogP contribution in [0.1, 0.15) is 35.8 Å². The van der Waals surface area contributed by atoms with Crippen molar-refractivity contribution in [3.63, 3.8) is 0 Å². The highest BCUT2D eigenvalue weighted by atomic mass is 16.3. The SMILES string of the molecule is CCCNCc1occc1-c1c(C)cc(C)cc1C. The van der Waals surface area contributed by atoms with Gasteiger partial charge in [-0.05, 0) is 56.5 Å². The molecule has 0 amide bonds. The van der Waals surface area contributed by atoms with Crippen LogP contribution in [-0.4, -0.2) is 6.54 Å². The molecule has 0 saturated carbocycles. The van der Waals surface area contributed by atoms with Gasteiger partial charge in [-0.15, -0.1) is 0 Å². The van der Waals surface area contributed by atoms with E-state index in [0.717, 1.165) is 25.3 Å². The third-order valence-corrected chi connectivity index (χ3v) is 3.40. The smallest absolute Gasteiger partial charge is 0.125 e. The first-order chi connectivity index (χ1) is 9.13. The number of rotatable bonds is 5. The number of furan rings is 1. The molecule has 1 aromatic heterocycles. The molecule has 0 aliphatic heterocycles. The summed E-state index contributed by atoms with van der Waals surface area (Å²) in [5, 5.41) is 3.40. The van der Waals surface area contributed by atoms with Crippen LogP contribution in [0.2, 0.25) is 0 Å². The summed E-state index contributed by atoms with van der Waals surface area (Å²) < 4.78 is 5.64. The van der Waals surface area contributed by atoms with E-state index >= 15 is 0 Å². The Morgan fingerprint density at radius 3 is 2.42 bits per heavy atom. The highest BCUT2D eigenvalue weighted by molar-refractivity contribution is 5.72. The monoisotopic (exact) mass is 257 g/mol. The lowest BCUT2D eigenvalue weighted by atomic mass is 9.94. The summed E-state index contributed by atoms with van der Waals surface area (Å²) in [5.41, 5.74) is 6.48. The lowest BCUT2D eigenvalue weighted by Gasteiger charge is -2.12. The summed E-state index contributed by atoms with van der Waals surface area (Å²) in [6.07, 6.45) is 2.93. The summed E-state index contributed by atoms with van der Waals surface area (Å²) in [7, 11) is 0. The first-order valence-electron chi connectivity index (χ1n) is 6.98. The molecule has 0 radical (unpaired) electrons. The molecule has 0 fully saturated rings. The zero-order valence-corrected chi connectivity index (χ0v) is 12.3. The van der Waals surface area contributed by atoms with Crippen LogP contribution in [0.15, 0.2) is 28.9 Å². The third-order valence-electron chi connectivity index (χ3n) is 3.40. The van der Waals surface area contributed by atoms with E-state index in [-0.39, 0.29) is 0 Å². The zero-order chi connectivity index (χ0) is 13.8. The second-order valence-corrected chi connectivity index (χ2v) is 5.21. The molecule has 2 heteroatoms. The number of aryl methyl sites for hydroxylation is 3. The molecule has 0 aliphatic rings. The normalized spacial score (nSPS) is 10.9. The summed E-state index contributed by atoms with van der Waals surface area (Å²) in [6.45, 7) is 10.5. The van der Waals surface area contributed by atoms with Crippen LogP contribution < -0.4 is 5.32 Å². The van der Waals surface area contributed by atoms with Crippen molar-refractivity contribution in [1.29, 1.82) is 0 Å². The predicted octanol–water partition coefficient (Wildman–Crippen LogP) is 4.37. The molecule has 102 valence electrons. The van der Waals surface area contributed by atoms with Crippen molar-refractivity contribution in [3.05, 3.63) is 46.9 Å². The van der Waals surface area contributed by atoms with E-state index < -0.39 is 0 Å². The van der Waals surface area contributed by atoms with Crippen molar-refractivity contribution in [2.45, 2.75) is 40.7 Å². The Kier molecular flexibility index (Phi) is 4.43. The van der Waals surface area contributed by atoms with Crippen LogP contribution in [-0.2, 0) is 6.54 Å². The van der Waals surface area contributed by atoms with E-state index in [9.17, 15) is 0 Å². The number of hydrogen-bond donors (Lipinski definition) is 1. The lowest BCUT2D eigenvalue weighted by Crippen LogP contribution is -2.13. The molecule has 0 unspecified atom stereocenters. The fourth-order valence-electron chi connectivity index (χ4n) is 2.68. The van der Waals surface area contributed by atoms with Crippen molar-refractivity contribution in [1.82, 2.24) is 5.32 Å². The van der Waals surface area contributed by atoms with E-state index in [1.165, 1.54) is 27.8 Å². The lowest BCUT2D eigenvalue weighted by molar-refractivity contribution is 0.484. The van der Waals surface area contributed by atoms with Crippen molar-refractivity contribution < 1.29 is 4.42 Å². The predicted molar refractivity (Wildman–Crippen MR) is 80.4 cm³/mol. The molecular weight excluding hydrogens is 234 g/mol. The molecule has 0 aliphatic carbocycles. The van der Waals surface area contributed by atoms with Gasteiger partial charge >= 0.3 is 0 Å². The maximum absolute atomic E-state index is 5.64. The second kappa shape index (κ2) is 6.07. The van der Waals surface area contributed by atoms with Crippen LogP contribution in [0, 0.1) is 20.8 Å². The molecule has 1 heterocycles. The third kappa shape index (κ3) is 3.07. The van der Waals surface area contributed by atoms with Gasteiger partial charge in [-0.3, -0.25) is 0 Å². The zero-order valence-electron chi connectivity index (χ0n) is 12.3. The number of hydrogen-bond acceptors (Lipinski definition) is 2. The Morgan fingerprint density at radius 2 is 1.79 bits per heavy atom. The molecule has 0 atom stereocenters. The van der Waals surface area contributed by atoms with Gasteiger partial charge in [0.2, 0.25) is 0 Å². The molecule has 19 heavy (non-hydrogen) atoms. The fourth-order valence-corrected chi connectivity index (χ4v) is 2.68. The van der Waals surface area contributed by atoms with Crippen molar-refractivity contribution in [2.75, 3.05) is 6.54 Å². The molecule has 0 bridgehead atoms. The minimum Gasteiger partial charge on any atom is -0.467 e. The standard InChI is InChI=1S/C17H23NO/c1-5-7-18-11-16-15(6-8-19-16)17-13(3)9-12(2)10-14(17)4/h6,8-10,18H,5,7,11H2,1-4H3. The van der Waals surface area contributed by atoms with E-state index in [4.69, 9.17) is 4.42 Å². The molecule has 1 N–H and O–H groups in total. The summed E-state index contributed by atoms with van der Waals surface area (Å²) >= 11 is 0. The number of nitrogens with one attached hydrogen (secondary N) is 1. The average Bonchev–Trinajstić information content (AvgIpc) is 2.76. The minimum absolute atomic E-state index is 0.795. The van der Waals surface area contributed by atoms with Gasteiger partial charge in [0.05, 0.1) is 12.8 Å². The Morgan fingerprint density at radius 1 is 1.11 bits per heavy atom. The van der Waals surface area contributed by atoms with E-state index in [1.54, 1.807) is 6.26 Å². The highest BCUT2D eigenvalue weighted by Crippen LogP contribution is 2.31. The fraction of sp³-hybridized carbons (Fsp3) is 0.412. The molecule has 2 nitrogen and oxygen atoms in total. The molecule has 1 aromatic carbocycles. The number of benzene rings is 1. The van der Waals surface area contributed by atoms with Gasteiger partial charge in [-0.2, -0.15) is 0 Å². The van der Waals surface area contributed by atoms with E-state index in [1.807, 2.05) is 0 Å². The Labute approximate surface area is 115 Å². The Hall–Kier alpha value is -1.54. The van der Waals surface area contributed by atoms with E-state index in [2.05, 4.69) is 51.2 Å². The maximum Gasteiger partial charge on any atom is 0.125 e. The summed E-state index contributed by atoms with van der Waals surface area (Å²) in [4.78, 5) is 0. The van der Waals surface area contributed by atoms with Gasteiger partial charge in [-0.25, -0.2) is 0 Å². The first kappa shape index (κ1) is 13.9. The first-order valence-corrected chi connectivity index (χ1v) is 6.98. The van der Waals surface area contributed by atoms with Crippen molar-refractivity contribution in [2.24, 2.45) is 0 Å².